The van der Waals surface area contributed by atoms with Gasteiger partial charge in [0.1, 0.15) is 6.04 Å². The van der Waals surface area contributed by atoms with Gasteiger partial charge in [0.25, 0.3) is 0 Å². The van der Waals surface area contributed by atoms with E-state index in [1.54, 1.807) is 30.3 Å². The van der Waals surface area contributed by atoms with Gasteiger partial charge in [0.05, 0.1) is 23.9 Å². The van der Waals surface area contributed by atoms with Crippen molar-refractivity contribution in [1.82, 2.24) is 9.29 Å². The molecule has 1 amide bonds. The molecule has 1 N–H and O–H groups in total. The number of carbonyl (C=O) groups is 1. The molecule has 132 valence electrons. The predicted molar refractivity (Wildman–Crippen MR) is 92.8 cm³/mol. The van der Waals surface area contributed by atoms with Crippen LogP contribution in [0.25, 0.3) is 0 Å². The minimum absolute atomic E-state index is 0.195. The van der Waals surface area contributed by atoms with Gasteiger partial charge in [-0.2, -0.15) is 4.31 Å². The average molecular weight is 361 g/mol. The molecule has 1 aromatic heterocycles. The first kappa shape index (κ1) is 17.4. The summed E-state index contributed by atoms with van der Waals surface area (Å²) in [5, 5.41) is 2.73. The maximum atomic E-state index is 12.8. The third-order valence-electron chi connectivity index (χ3n) is 4.07. The third kappa shape index (κ3) is 3.64. The topological polar surface area (TPSA) is 88.6 Å². The van der Waals surface area contributed by atoms with Crippen LogP contribution in [-0.4, -0.2) is 43.3 Å². The summed E-state index contributed by atoms with van der Waals surface area (Å²) in [5.74, 6) is 0.0797. The van der Waals surface area contributed by atoms with E-state index in [1.807, 2.05) is 0 Å². The molecule has 2 aromatic rings. The number of ether oxygens (including phenoxy) is 1. The maximum Gasteiger partial charge on any atom is 0.243 e. The van der Waals surface area contributed by atoms with Crippen molar-refractivity contribution >= 4 is 21.6 Å². The van der Waals surface area contributed by atoms with Crippen LogP contribution in [0.4, 0.5) is 5.69 Å². The lowest BCUT2D eigenvalue weighted by atomic mass is 10.2. The molecule has 1 saturated heterocycles. The molecular formula is C17H19N3O4S. The van der Waals surface area contributed by atoms with E-state index in [0.717, 1.165) is 0 Å². The molecule has 1 aliphatic heterocycles. The largest absolute Gasteiger partial charge is 0.481 e. The first-order chi connectivity index (χ1) is 12.0. The Balaban J connectivity index is 1.77. The van der Waals surface area contributed by atoms with Crippen LogP contribution in [0.5, 0.6) is 5.88 Å². The minimum atomic E-state index is -3.70. The van der Waals surface area contributed by atoms with E-state index in [2.05, 4.69) is 10.3 Å². The number of rotatable bonds is 5. The molecule has 0 spiro atoms. The summed E-state index contributed by atoms with van der Waals surface area (Å²) in [6, 6.07) is 10.7. The number of pyridine rings is 1. The zero-order valence-corrected chi connectivity index (χ0v) is 14.6. The fourth-order valence-electron chi connectivity index (χ4n) is 2.82. The summed E-state index contributed by atoms with van der Waals surface area (Å²) in [6.45, 7) is 0.330. The van der Waals surface area contributed by atoms with E-state index in [4.69, 9.17) is 4.74 Å². The highest BCUT2D eigenvalue weighted by atomic mass is 32.2. The molecule has 1 aromatic carbocycles. The Kier molecular flexibility index (Phi) is 5.00. The fourth-order valence-corrected chi connectivity index (χ4v) is 4.50. The van der Waals surface area contributed by atoms with E-state index in [0.29, 0.717) is 31.0 Å². The molecule has 0 aliphatic carbocycles. The lowest BCUT2D eigenvalue weighted by molar-refractivity contribution is -0.119. The molecule has 7 nitrogen and oxygen atoms in total. The van der Waals surface area contributed by atoms with Gasteiger partial charge in [-0.15, -0.1) is 0 Å². The number of aromatic nitrogens is 1. The fraction of sp³-hybridized carbons (Fsp3) is 0.294. The molecule has 1 unspecified atom stereocenters. The van der Waals surface area contributed by atoms with Crippen molar-refractivity contribution in [1.29, 1.82) is 0 Å². The number of nitrogens with one attached hydrogen (secondary N) is 1. The maximum absolute atomic E-state index is 12.8. The number of benzene rings is 1. The number of hydrogen-bond donors (Lipinski definition) is 1. The number of anilines is 1. The molecule has 25 heavy (non-hydrogen) atoms. The Morgan fingerprint density at radius 1 is 1.24 bits per heavy atom. The zero-order valence-electron chi connectivity index (χ0n) is 13.8. The number of amides is 1. The van der Waals surface area contributed by atoms with Gasteiger partial charge >= 0.3 is 0 Å². The predicted octanol–water partition coefficient (Wildman–Crippen LogP) is 1.88. The van der Waals surface area contributed by atoms with Crippen molar-refractivity contribution < 1.29 is 17.9 Å². The molecule has 8 heteroatoms. The summed E-state index contributed by atoms with van der Waals surface area (Å²) in [7, 11) is -2.19. The van der Waals surface area contributed by atoms with E-state index in [9.17, 15) is 13.2 Å². The van der Waals surface area contributed by atoms with Crippen LogP contribution < -0.4 is 10.1 Å². The van der Waals surface area contributed by atoms with Gasteiger partial charge < -0.3 is 10.1 Å². The van der Waals surface area contributed by atoms with Gasteiger partial charge in [0, 0.05) is 12.6 Å². The van der Waals surface area contributed by atoms with E-state index in [-0.39, 0.29) is 10.8 Å². The van der Waals surface area contributed by atoms with E-state index >= 15 is 0 Å². The number of carbonyl (C=O) groups excluding carboxylic acids is 1. The minimum Gasteiger partial charge on any atom is -0.481 e. The summed E-state index contributed by atoms with van der Waals surface area (Å²) in [4.78, 5) is 16.8. The molecule has 3 rings (SSSR count). The summed E-state index contributed by atoms with van der Waals surface area (Å²) in [6.07, 6.45) is 2.61. The van der Waals surface area contributed by atoms with Crippen molar-refractivity contribution in [3.63, 3.8) is 0 Å². The number of nitrogens with zero attached hydrogens (tertiary/aromatic N) is 2. The van der Waals surface area contributed by atoms with Gasteiger partial charge in [0.2, 0.25) is 21.8 Å². The standard InChI is InChI=1S/C17H19N3O4S/c1-24-16-10-9-13(12-18-16)19-17(21)15-8-5-11-20(15)25(22,23)14-6-3-2-4-7-14/h2-4,6-7,9-10,12,15H,5,8,11H2,1H3,(H,19,21). The summed E-state index contributed by atoms with van der Waals surface area (Å²) >= 11 is 0. The number of methoxy groups -OCH3 is 1. The highest BCUT2D eigenvalue weighted by molar-refractivity contribution is 7.89. The first-order valence-electron chi connectivity index (χ1n) is 7.90. The Hall–Kier alpha value is -2.45. The van der Waals surface area contributed by atoms with Crippen LogP contribution in [0.1, 0.15) is 12.8 Å². The third-order valence-corrected chi connectivity index (χ3v) is 5.99. The van der Waals surface area contributed by atoms with Gasteiger partial charge in [-0.3, -0.25) is 4.79 Å². The Morgan fingerprint density at radius 2 is 2.00 bits per heavy atom. The first-order valence-corrected chi connectivity index (χ1v) is 9.34. The van der Waals surface area contributed by atoms with Gasteiger partial charge in [-0.05, 0) is 31.0 Å². The Labute approximate surface area is 146 Å². The van der Waals surface area contributed by atoms with Crippen molar-refractivity contribution in [3.8, 4) is 5.88 Å². The molecule has 0 saturated carbocycles. The normalized spacial score (nSPS) is 18.0. The second-order valence-corrected chi connectivity index (χ2v) is 7.56. The van der Waals surface area contributed by atoms with Crippen molar-refractivity contribution in [2.45, 2.75) is 23.8 Å². The highest BCUT2D eigenvalue weighted by Gasteiger charge is 2.39. The van der Waals surface area contributed by atoms with Gasteiger partial charge in [-0.1, -0.05) is 18.2 Å². The monoisotopic (exact) mass is 361 g/mol. The van der Waals surface area contributed by atoms with Crippen LogP contribution in [0.2, 0.25) is 0 Å². The van der Waals surface area contributed by atoms with Crippen molar-refractivity contribution in [2.75, 3.05) is 19.0 Å². The molecule has 0 radical (unpaired) electrons. The molecule has 1 aliphatic rings. The second kappa shape index (κ2) is 7.20. The van der Waals surface area contributed by atoms with E-state index in [1.165, 1.54) is 29.7 Å². The Bertz CT molecular complexity index is 838. The van der Waals surface area contributed by atoms with Crippen LogP contribution in [0.15, 0.2) is 53.6 Å². The number of hydrogen-bond acceptors (Lipinski definition) is 5. The molecular weight excluding hydrogens is 342 g/mol. The van der Waals surface area contributed by atoms with Crippen LogP contribution in [-0.2, 0) is 14.8 Å². The van der Waals surface area contributed by atoms with Crippen LogP contribution in [0, 0.1) is 0 Å². The quantitative estimate of drug-likeness (QED) is 0.878. The summed E-state index contributed by atoms with van der Waals surface area (Å²) < 4.78 is 31.9. The van der Waals surface area contributed by atoms with Crippen molar-refractivity contribution in [2.24, 2.45) is 0 Å². The summed E-state index contributed by atoms with van der Waals surface area (Å²) in [5.41, 5.74) is 0.495. The zero-order chi connectivity index (χ0) is 17.9. The SMILES string of the molecule is COc1ccc(NC(=O)C2CCCN2S(=O)(=O)c2ccccc2)cn1. The molecule has 0 bridgehead atoms. The molecule has 1 atom stereocenters. The van der Waals surface area contributed by atoms with Crippen molar-refractivity contribution in [3.05, 3.63) is 48.7 Å². The smallest absolute Gasteiger partial charge is 0.243 e. The lowest BCUT2D eigenvalue weighted by Gasteiger charge is -2.23. The van der Waals surface area contributed by atoms with Crippen LogP contribution >= 0.6 is 0 Å². The lowest BCUT2D eigenvalue weighted by Crippen LogP contribution is -2.43. The van der Waals surface area contributed by atoms with E-state index < -0.39 is 16.1 Å². The Morgan fingerprint density at radius 3 is 2.64 bits per heavy atom. The molecule has 1 fully saturated rings. The van der Waals surface area contributed by atoms with Gasteiger partial charge in [0.15, 0.2) is 0 Å². The second-order valence-electron chi connectivity index (χ2n) is 5.67. The van der Waals surface area contributed by atoms with Gasteiger partial charge in [-0.25, -0.2) is 13.4 Å². The number of sulfonamides is 1. The highest BCUT2D eigenvalue weighted by Crippen LogP contribution is 2.27. The van der Waals surface area contributed by atoms with Crippen LogP contribution in [0.3, 0.4) is 0 Å². The average Bonchev–Trinajstić information content (AvgIpc) is 3.14. The molecule has 2 heterocycles.